The zero-order valence-electron chi connectivity index (χ0n) is 11.7. The molecule has 0 bridgehead atoms. The van der Waals surface area contributed by atoms with Crippen molar-refractivity contribution in [2.24, 2.45) is 0 Å². The van der Waals surface area contributed by atoms with E-state index in [9.17, 15) is 0 Å². The Balaban J connectivity index is 1.76. The summed E-state index contributed by atoms with van der Waals surface area (Å²) in [4.78, 5) is 3.44. The second kappa shape index (κ2) is 7.26. The van der Waals surface area contributed by atoms with E-state index < -0.39 is 0 Å². The van der Waals surface area contributed by atoms with E-state index in [0.717, 1.165) is 18.7 Å². The maximum Gasteiger partial charge on any atom is 0.170 e. The topological polar surface area (TPSA) is 27.3 Å². The highest BCUT2D eigenvalue weighted by molar-refractivity contribution is 7.80. The number of hydrogen-bond donors (Lipinski definition) is 2. The Bertz CT molecular complexity index is 533. The molecule has 2 rings (SSSR count). The summed E-state index contributed by atoms with van der Waals surface area (Å²) in [5, 5.41) is 9.18. The Kier molecular flexibility index (Phi) is 5.38. The van der Waals surface area contributed by atoms with Crippen LogP contribution in [0.5, 0.6) is 0 Å². The van der Waals surface area contributed by atoms with Gasteiger partial charge in [0.25, 0.3) is 0 Å². The van der Waals surface area contributed by atoms with Crippen LogP contribution in [0.4, 0.5) is 11.4 Å². The molecule has 0 radical (unpaired) electrons. The summed E-state index contributed by atoms with van der Waals surface area (Å²) in [5.41, 5.74) is 2.18. The monoisotopic (exact) mass is 305 g/mol. The maximum atomic E-state index is 5.29. The van der Waals surface area contributed by atoms with Gasteiger partial charge in [-0.3, -0.25) is 0 Å². The highest BCUT2D eigenvalue weighted by atomic mass is 32.1. The lowest BCUT2D eigenvalue weighted by atomic mass is 10.2. The molecular formula is C15H19N3S2. The van der Waals surface area contributed by atoms with Crippen LogP contribution in [-0.2, 0) is 6.42 Å². The van der Waals surface area contributed by atoms with Crippen molar-refractivity contribution in [2.75, 3.05) is 30.9 Å². The van der Waals surface area contributed by atoms with Gasteiger partial charge in [-0.05, 0) is 54.4 Å². The number of hydrogen-bond acceptors (Lipinski definition) is 3. The van der Waals surface area contributed by atoms with Gasteiger partial charge in [-0.1, -0.05) is 6.07 Å². The Labute approximate surface area is 129 Å². The van der Waals surface area contributed by atoms with Gasteiger partial charge >= 0.3 is 0 Å². The summed E-state index contributed by atoms with van der Waals surface area (Å²) < 4.78 is 0. The van der Waals surface area contributed by atoms with Crippen LogP contribution in [0.1, 0.15) is 4.88 Å². The fourth-order valence-electron chi connectivity index (χ4n) is 1.77. The van der Waals surface area contributed by atoms with E-state index in [1.807, 2.05) is 26.2 Å². The summed E-state index contributed by atoms with van der Waals surface area (Å²) in [6, 6.07) is 12.4. The van der Waals surface area contributed by atoms with Crippen molar-refractivity contribution in [1.29, 1.82) is 0 Å². The van der Waals surface area contributed by atoms with Crippen molar-refractivity contribution in [2.45, 2.75) is 6.42 Å². The number of nitrogens with one attached hydrogen (secondary N) is 2. The standard InChI is InChI=1S/C15H19N3S2/c1-18(2)13-7-5-12(6-8-13)17-15(19)16-10-9-14-4-3-11-20-14/h3-8,11H,9-10H2,1-2H3,(H2,16,17,19). The smallest absolute Gasteiger partial charge is 0.170 e. The molecular weight excluding hydrogens is 286 g/mol. The van der Waals surface area contributed by atoms with Gasteiger partial charge in [-0.2, -0.15) is 0 Å². The first-order chi connectivity index (χ1) is 9.65. The van der Waals surface area contributed by atoms with Gasteiger partial charge in [0.05, 0.1) is 0 Å². The quantitative estimate of drug-likeness (QED) is 0.829. The average Bonchev–Trinajstić information content (AvgIpc) is 2.92. The van der Waals surface area contributed by atoms with Crippen molar-refractivity contribution in [3.05, 3.63) is 46.7 Å². The fourth-order valence-corrected chi connectivity index (χ4v) is 2.70. The van der Waals surface area contributed by atoms with Crippen LogP contribution >= 0.6 is 23.6 Å². The van der Waals surface area contributed by atoms with Gasteiger partial charge in [-0.15, -0.1) is 11.3 Å². The van der Waals surface area contributed by atoms with Gasteiger partial charge in [0.1, 0.15) is 0 Å². The molecule has 0 amide bonds. The van der Waals surface area contributed by atoms with Crippen molar-refractivity contribution in [3.8, 4) is 0 Å². The summed E-state index contributed by atoms with van der Waals surface area (Å²) in [6.45, 7) is 0.849. The molecule has 0 aliphatic heterocycles. The molecule has 1 aromatic heterocycles. The zero-order chi connectivity index (χ0) is 14.4. The second-order valence-electron chi connectivity index (χ2n) is 4.65. The molecule has 5 heteroatoms. The van der Waals surface area contributed by atoms with Gasteiger partial charge in [0, 0.05) is 36.9 Å². The lowest BCUT2D eigenvalue weighted by molar-refractivity contribution is 0.885. The molecule has 0 unspecified atom stereocenters. The van der Waals surface area contributed by atoms with E-state index in [4.69, 9.17) is 12.2 Å². The van der Waals surface area contributed by atoms with Crippen molar-refractivity contribution >= 4 is 40.0 Å². The molecule has 0 aliphatic carbocycles. The highest BCUT2D eigenvalue weighted by Gasteiger charge is 1.99. The molecule has 3 nitrogen and oxygen atoms in total. The van der Waals surface area contributed by atoms with Gasteiger partial charge < -0.3 is 15.5 Å². The molecule has 0 fully saturated rings. The van der Waals surface area contributed by atoms with Crippen LogP contribution in [0.15, 0.2) is 41.8 Å². The third-order valence-electron chi connectivity index (χ3n) is 2.88. The van der Waals surface area contributed by atoms with E-state index in [-0.39, 0.29) is 0 Å². The summed E-state index contributed by atoms with van der Waals surface area (Å²) in [5.74, 6) is 0. The van der Waals surface area contributed by atoms with Crippen LogP contribution in [0.2, 0.25) is 0 Å². The van der Waals surface area contributed by atoms with Gasteiger partial charge in [0.15, 0.2) is 5.11 Å². The summed E-state index contributed by atoms with van der Waals surface area (Å²) in [6.07, 6.45) is 0.999. The van der Waals surface area contributed by atoms with Crippen molar-refractivity contribution in [3.63, 3.8) is 0 Å². The van der Waals surface area contributed by atoms with Crippen LogP contribution in [0.25, 0.3) is 0 Å². The van der Waals surface area contributed by atoms with E-state index in [0.29, 0.717) is 5.11 Å². The first-order valence-electron chi connectivity index (χ1n) is 6.50. The number of nitrogens with zero attached hydrogens (tertiary/aromatic N) is 1. The van der Waals surface area contributed by atoms with Crippen LogP contribution in [-0.4, -0.2) is 25.8 Å². The fraction of sp³-hybridized carbons (Fsp3) is 0.267. The number of anilines is 2. The minimum absolute atomic E-state index is 0.666. The third-order valence-corrected chi connectivity index (χ3v) is 4.06. The third kappa shape index (κ3) is 4.51. The number of rotatable bonds is 5. The SMILES string of the molecule is CN(C)c1ccc(NC(=S)NCCc2cccs2)cc1. The van der Waals surface area contributed by atoms with Gasteiger partial charge in [0.2, 0.25) is 0 Å². The molecule has 20 heavy (non-hydrogen) atoms. The molecule has 2 N–H and O–H groups in total. The second-order valence-corrected chi connectivity index (χ2v) is 6.09. The molecule has 0 atom stereocenters. The van der Waals surface area contributed by atoms with E-state index >= 15 is 0 Å². The molecule has 1 aromatic carbocycles. The molecule has 0 aliphatic rings. The Morgan fingerprint density at radius 3 is 2.55 bits per heavy atom. The molecule has 0 saturated heterocycles. The Morgan fingerprint density at radius 2 is 1.95 bits per heavy atom. The summed E-state index contributed by atoms with van der Waals surface area (Å²) in [7, 11) is 4.05. The van der Waals surface area contributed by atoms with Crippen molar-refractivity contribution < 1.29 is 0 Å². The largest absolute Gasteiger partial charge is 0.378 e. The molecule has 0 spiro atoms. The minimum Gasteiger partial charge on any atom is -0.378 e. The highest BCUT2D eigenvalue weighted by Crippen LogP contribution is 2.15. The van der Waals surface area contributed by atoms with E-state index in [1.54, 1.807) is 11.3 Å². The molecule has 0 saturated carbocycles. The van der Waals surface area contributed by atoms with Crippen LogP contribution in [0.3, 0.4) is 0 Å². The van der Waals surface area contributed by atoms with E-state index in [1.165, 1.54) is 10.6 Å². The number of thiophene rings is 1. The number of benzene rings is 1. The lowest BCUT2D eigenvalue weighted by Crippen LogP contribution is -2.30. The van der Waals surface area contributed by atoms with Gasteiger partial charge in [-0.25, -0.2) is 0 Å². The minimum atomic E-state index is 0.666. The first kappa shape index (κ1) is 14.8. The molecule has 2 aromatic rings. The predicted molar refractivity (Wildman–Crippen MR) is 93.0 cm³/mol. The molecule has 106 valence electrons. The average molecular weight is 305 g/mol. The predicted octanol–water partition coefficient (Wildman–Crippen LogP) is 3.34. The van der Waals surface area contributed by atoms with E-state index in [2.05, 4.69) is 45.2 Å². The maximum absolute atomic E-state index is 5.29. The Hall–Kier alpha value is -1.59. The first-order valence-corrected chi connectivity index (χ1v) is 7.78. The van der Waals surface area contributed by atoms with Crippen LogP contribution < -0.4 is 15.5 Å². The Morgan fingerprint density at radius 1 is 1.20 bits per heavy atom. The normalized spacial score (nSPS) is 10.1. The summed E-state index contributed by atoms with van der Waals surface area (Å²) >= 11 is 7.06. The van der Waals surface area contributed by atoms with Crippen molar-refractivity contribution in [1.82, 2.24) is 5.32 Å². The molecule has 1 heterocycles. The zero-order valence-corrected chi connectivity index (χ0v) is 13.4. The number of thiocarbonyl (C=S) groups is 1. The van der Waals surface area contributed by atoms with Crippen LogP contribution in [0, 0.1) is 0 Å². The lowest BCUT2D eigenvalue weighted by Gasteiger charge is -2.14.